The number of aromatic hydroxyl groups is 1. The molecule has 7 heteroatoms. The molecule has 0 spiro atoms. The molecule has 0 heterocycles. The summed E-state index contributed by atoms with van der Waals surface area (Å²) in [7, 11) is 0. The molecule has 2 aromatic carbocycles. The van der Waals surface area contributed by atoms with Crippen molar-refractivity contribution in [1.82, 2.24) is 10.2 Å². The van der Waals surface area contributed by atoms with E-state index in [-0.39, 0.29) is 36.3 Å². The van der Waals surface area contributed by atoms with Gasteiger partial charge >= 0.3 is 0 Å². The topological polar surface area (TPSA) is 78.9 Å². The highest BCUT2D eigenvalue weighted by molar-refractivity contribution is 7.98. The lowest BCUT2D eigenvalue weighted by molar-refractivity contribution is -0.131. The van der Waals surface area contributed by atoms with Gasteiger partial charge in [0, 0.05) is 30.4 Å². The zero-order valence-electron chi connectivity index (χ0n) is 21.5. The van der Waals surface area contributed by atoms with E-state index < -0.39 is 0 Å². The van der Waals surface area contributed by atoms with Crippen molar-refractivity contribution in [2.75, 3.05) is 19.4 Å². The van der Waals surface area contributed by atoms with E-state index in [4.69, 9.17) is 4.74 Å². The van der Waals surface area contributed by atoms with Crippen LogP contribution in [0.15, 0.2) is 53.4 Å². The van der Waals surface area contributed by atoms with Crippen LogP contribution in [0.5, 0.6) is 11.5 Å². The van der Waals surface area contributed by atoms with Crippen molar-refractivity contribution in [2.24, 2.45) is 0 Å². The molecule has 2 atom stereocenters. The first kappa shape index (κ1) is 28.6. The maximum absolute atomic E-state index is 12.2. The molecule has 0 bridgehead atoms. The lowest BCUT2D eigenvalue weighted by Crippen LogP contribution is -2.44. The summed E-state index contributed by atoms with van der Waals surface area (Å²) in [5.41, 5.74) is 1.27. The van der Waals surface area contributed by atoms with Crippen molar-refractivity contribution in [1.29, 1.82) is 0 Å². The minimum atomic E-state index is -0.221. The minimum Gasteiger partial charge on any atom is -0.508 e. The van der Waals surface area contributed by atoms with E-state index in [0.717, 1.165) is 12.8 Å². The minimum absolute atomic E-state index is 0.0136. The van der Waals surface area contributed by atoms with E-state index in [0.29, 0.717) is 18.7 Å². The monoisotopic (exact) mass is 500 g/mol. The summed E-state index contributed by atoms with van der Waals surface area (Å²) in [6.45, 7) is 6.13. The Bertz CT molecular complexity index is 897. The number of nitrogens with one attached hydrogen (secondary N) is 1. The third-order valence-corrected chi connectivity index (χ3v) is 6.37. The Kier molecular flexibility index (Phi) is 12.5. The third-order valence-electron chi connectivity index (χ3n) is 5.62. The van der Waals surface area contributed by atoms with Gasteiger partial charge in [0.15, 0.2) is 6.61 Å². The fraction of sp³-hybridized carbons (Fsp3) is 0.500. The van der Waals surface area contributed by atoms with Gasteiger partial charge < -0.3 is 20.1 Å². The summed E-state index contributed by atoms with van der Waals surface area (Å²) in [6.07, 6.45) is 9.04. The van der Waals surface area contributed by atoms with Gasteiger partial charge in [-0.2, -0.15) is 0 Å². The normalized spacial score (nSPS) is 13.6. The van der Waals surface area contributed by atoms with Crippen LogP contribution >= 0.6 is 11.8 Å². The van der Waals surface area contributed by atoms with Crippen LogP contribution in [0.3, 0.4) is 0 Å². The van der Waals surface area contributed by atoms with Gasteiger partial charge in [-0.25, -0.2) is 0 Å². The molecule has 0 saturated heterocycles. The molecule has 192 valence electrons. The lowest BCUT2D eigenvalue weighted by Gasteiger charge is -2.30. The van der Waals surface area contributed by atoms with Gasteiger partial charge in [0.25, 0.3) is 5.91 Å². The maximum Gasteiger partial charge on any atom is 0.258 e. The predicted octanol–water partition coefficient (Wildman–Crippen LogP) is 5.43. The summed E-state index contributed by atoms with van der Waals surface area (Å²) in [4.78, 5) is 27.5. The van der Waals surface area contributed by atoms with E-state index in [1.807, 2.05) is 18.7 Å². The molecule has 1 fully saturated rings. The Hall–Kier alpha value is -2.67. The summed E-state index contributed by atoms with van der Waals surface area (Å²) >= 11 is 1.73. The molecule has 0 aromatic heterocycles. The molecule has 2 unspecified atom stereocenters. The second-order valence-electron chi connectivity index (χ2n) is 9.06. The average Bonchev–Trinajstić information content (AvgIpc) is 3.71. The standard InChI is InChI=1S/C25H34N2O4S.C3H6/c1-18(26-25(30)17-31-23-11-9-22(29)10-12-23)16-19(2)27(20(3)28)15-5-6-21-7-13-24(32-4)14-8-21;1-2-3-1/h7-14,18-19,29H,5-6,15-17H2,1-4H3,(H,26,30);1-3H2. The van der Waals surface area contributed by atoms with Crippen LogP contribution in [0.2, 0.25) is 0 Å². The van der Waals surface area contributed by atoms with Crippen LogP contribution in [-0.2, 0) is 16.0 Å². The third kappa shape index (κ3) is 12.0. The van der Waals surface area contributed by atoms with Gasteiger partial charge in [-0.1, -0.05) is 31.4 Å². The number of phenolic OH excluding ortho intramolecular Hbond substituents is 1. The van der Waals surface area contributed by atoms with Crippen molar-refractivity contribution < 1.29 is 19.4 Å². The van der Waals surface area contributed by atoms with Gasteiger partial charge in [-0.3, -0.25) is 9.59 Å². The summed E-state index contributed by atoms with van der Waals surface area (Å²) in [5.74, 6) is 0.489. The molecule has 1 aliphatic carbocycles. The zero-order valence-corrected chi connectivity index (χ0v) is 22.3. The first-order valence-corrected chi connectivity index (χ1v) is 13.6. The maximum atomic E-state index is 12.2. The van der Waals surface area contributed by atoms with Crippen LogP contribution in [0.25, 0.3) is 0 Å². The van der Waals surface area contributed by atoms with Gasteiger partial charge in [-0.15, -0.1) is 11.8 Å². The number of hydrogen-bond donors (Lipinski definition) is 2. The number of nitrogens with zero attached hydrogens (tertiary/aromatic N) is 1. The van der Waals surface area contributed by atoms with E-state index >= 15 is 0 Å². The quantitative estimate of drug-likeness (QED) is 0.380. The number of amides is 2. The second kappa shape index (κ2) is 15.4. The van der Waals surface area contributed by atoms with Crippen LogP contribution in [0, 0.1) is 0 Å². The molecule has 1 aliphatic rings. The molecule has 3 rings (SSSR count). The average molecular weight is 501 g/mol. The molecule has 2 amide bonds. The van der Waals surface area contributed by atoms with Crippen molar-refractivity contribution >= 4 is 23.6 Å². The zero-order chi connectivity index (χ0) is 25.6. The summed E-state index contributed by atoms with van der Waals surface area (Å²) in [5, 5.41) is 12.2. The highest BCUT2D eigenvalue weighted by Gasteiger charge is 2.20. The number of ether oxygens (including phenoxy) is 1. The molecule has 1 saturated carbocycles. The van der Waals surface area contributed by atoms with Gasteiger partial charge in [0.1, 0.15) is 11.5 Å². The van der Waals surface area contributed by atoms with E-state index in [1.54, 1.807) is 30.8 Å². The molecule has 0 radical (unpaired) electrons. The van der Waals surface area contributed by atoms with E-state index in [2.05, 4.69) is 35.8 Å². The van der Waals surface area contributed by atoms with Crippen LogP contribution in [0.4, 0.5) is 0 Å². The predicted molar refractivity (Wildman–Crippen MR) is 143 cm³/mol. The lowest BCUT2D eigenvalue weighted by atomic mass is 10.1. The first-order chi connectivity index (χ1) is 16.8. The molecule has 0 aliphatic heterocycles. The number of thioether (sulfide) groups is 1. The Labute approximate surface area is 214 Å². The number of carbonyl (C=O) groups is 2. The number of carbonyl (C=O) groups excluding carboxylic acids is 2. The number of aryl methyl sites for hydroxylation is 1. The molecule has 35 heavy (non-hydrogen) atoms. The Balaban J connectivity index is 0.00000133. The fourth-order valence-corrected chi connectivity index (χ4v) is 4.05. The SMILES string of the molecule is C1CC1.CSc1ccc(CCCN(C(C)=O)C(C)CC(C)NC(=O)COc2ccc(O)cc2)cc1. The number of rotatable bonds is 12. The number of phenols is 1. The molecular weight excluding hydrogens is 460 g/mol. The van der Waals surface area contributed by atoms with Crippen molar-refractivity contribution in [3.8, 4) is 11.5 Å². The van der Waals surface area contributed by atoms with Crippen LogP contribution in [-0.4, -0.2) is 53.3 Å². The van der Waals surface area contributed by atoms with E-state index in [9.17, 15) is 14.7 Å². The van der Waals surface area contributed by atoms with Gasteiger partial charge in [0.05, 0.1) is 0 Å². The smallest absolute Gasteiger partial charge is 0.258 e. The fourth-order valence-electron chi connectivity index (χ4n) is 3.64. The molecular formula is C28H40N2O4S. The van der Waals surface area contributed by atoms with Gasteiger partial charge in [-0.05, 0) is 81.3 Å². The molecule has 2 N–H and O–H groups in total. The van der Waals surface area contributed by atoms with Crippen LogP contribution < -0.4 is 10.1 Å². The number of benzene rings is 2. The molecule has 6 nitrogen and oxygen atoms in total. The molecule has 2 aromatic rings. The highest BCUT2D eigenvalue weighted by atomic mass is 32.2. The Morgan fingerprint density at radius 2 is 1.69 bits per heavy atom. The van der Waals surface area contributed by atoms with Crippen molar-refractivity contribution in [3.05, 3.63) is 54.1 Å². The summed E-state index contributed by atoms with van der Waals surface area (Å²) in [6, 6.07) is 14.7. The number of hydrogen-bond acceptors (Lipinski definition) is 5. The van der Waals surface area contributed by atoms with Crippen molar-refractivity contribution in [3.63, 3.8) is 0 Å². The second-order valence-corrected chi connectivity index (χ2v) is 9.94. The first-order valence-electron chi connectivity index (χ1n) is 12.4. The van der Waals surface area contributed by atoms with Gasteiger partial charge in [0.2, 0.25) is 5.91 Å². The largest absolute Gasteiger partial charge is 0.508 e. The Morgan fingerprint density at radius 1 is 1.06 bits per heavy atom. The van der Waals surface area contributed by atoms with E-state index in [1.165, 1.54) is 41.9 Å². The Morgan fingerprint density at radius 3 is 2.23 bits per heavy atom. The van der Waals surface area contributed by atoms with Crippen molar-refractivity contribution in [2.45, 2.75) is 76.3 Å². The van der Waals surface area contributed by atoms with Crippen LogP contribution in [0.1, 0.15) is 58.4 Å². The highest BCUT2D eigenvalue weighted by Crippen LogP contribution is 2.17. The summed E-state index contributed by atoms with van der Waals surface area (Å²) < 4.78 is 5.43.